The number of benzene rings is 1. The zero-order chi connectivity index (χ0) is 24.4. The molecule has 0 radical (unpaired) electrons. The van der Waals surface area contributed by atoms with Crippen LogP contribution in [0.5, 0.6) is 0 Å². The van der Waals surface area contributed by atoms with E-state index in [4.69, 9.17) is 16.4 Å². The van der Waals surface area contributed by atoms with Crippen LogP contribution in [0.4, 0.5) is 5.69 Å². The van der Waals surface area contributed by atoms with Crippen LogP contribution in [0.3, 0.4) is 0 Å². The quantitative estimate of drug-likeness (QED) is 0.350. The van der Waals surface area contributed by atoms with Gasteiger partial charge in [0.15, 0.2) is 0 Å². The number of rotatable bonds is 11. The second-order valence-corrected chi connectivity index (χ2v) is 11.3. The molecule has 3 N–H and O–H groups in total. The Morgan fingerprint density at radius 3 is 2.56 bits per heavy atom. The van der Waals surface area contributed by atoms with Crippen molar-refractivity contribution in [3.8, 4) is 0 Å². The fourth-order valence-electron chi connectivity index (χ4n) is 5.37. The number of carboxylic acids is 1. The first-order valence-electron chi connectivity index (χ1n) is 12.6. The molecule has 1 heterocycles. The van der Waals surface area contributed by atoms with Gasteiger partial charge in [0.05, 0.1) is 23.2 Å². The monoisotopic (exact) mass is 488 g/mol. The summed E-state index contributed by atoms with van der Waals surface area (Å²) in [7, 11) is 0. The van der Waals surface area contributed by atoms with Crippen LogP contribution in [-0.4, -0.2) is 23.0 Å². The predicted molar refractivity (Wildman–Crippen MR) is 133 cm³/mol. The summed E-state index contributed by atoms with van der Waals surface area (Å²) < 4.78 is 0. The van der Waals surface area contributed by atoms with Gasteiger partial charge in [0.1, 0.15) is 5.76 Å². The first-order chi connectivity index (χ1) is 16.2. The fourth-order valence-corrected chi connectivity index (χ4v) is 5.65. The maximum atomic E-state index is 12.9. The number of carbonyl (C=O) groups excluding carboxylic acids is 1. The van der Waals surface area contributed by atoms with E-state index in [0.29, 0.717) is 22.5 Å². The van der Waals surface area contributed by atoms with Gasteiger partial charge in [0.2, 0.25) is 5.91 Å². The number of hydrogen-bond acceptors (Lipinski definition) is 4. The van der Waals surface area contributed by atoms with E-state index in [1.165, 1.54) is 18.4 Å². The fraction of sp³-hybridized carbons (Fsp3) is 0.630. The molecule has 1 amide bonds. The molecule has 2 unspecified atom stereocenters. The Balaban J connectivity index is 1.45. The van der Waals surface area contributed by atoms with Crippen LogP contribution in [0, 0.1) is 36.5 Å². The minimum absolute atomic E-state index is 0.0860. The van der Waals surface area contributed by atoms with Crippen molar-refractivity contribution in [2.75, 3.05) is 5.32 Å². The highest BCUT2D eigenvalue weighted by atomic mass is 35.5. The number of anilines is 1. The van der Waals surface area contributed by atoms with Crippen LogP contribution < -0.4 is 10.8 Å². The van der Waals surface area contributed by atoms with E-state index in [1.54, 1.807) is 12.1 Å². The standard InChI is InChI=1S/C27H37ClN2O4/c1-15(2)4-6-17-11-20(12-17)27-25(18-7-8-18)26(30-34-27)19(14-24(32)33)13-23(31)29-22-9-5-16(3)10-21(22)28/h5,9-10,15,17-20,26,30H,4,6-8,11-14H2,1-3H3,(H,29,31)(H,32,33). The Bertz CT molecular complexity index is 950. The molecule has 2 saturated carbocycles. The summed E-state index contributed by atoms with van der Waals surface area (Å²) in [6.07, 6.45) is 7.01. The average molecular weight is 489 g/mol. The lowest BCUT2D eigenvalue weighted by Gasteiger charge is -2.36. The molecule has 0 saturated heterocycles. The largest absolute Gasteiger partial charge is 0.481 e. The maximum Gasteiger partial charge on any atom is 0.303 e. The number of halogens is 1. The third kappa shape index (κ3) is 6.14. The van der Waals surface area contributed by atoms with Gasteiger partial charge in [-0.1, -0.05) is 44.4 Å². The molecule has 34 heavy (non-hydrogen) atoms. The van der Waals surface area contributed by atoms with Crippen LogP contribution in [0.2, 0.25) is 5.02 Å². The molecular weight excluding hydrogens is 452 g/mol. The van der Waals surface area contributed by atoms with Crippen molar-refractivity contribution in [3.63, 3.8) is 0 Å². The number of hydrogen-bond donors (Lipinski definition) is 3. The van der Waals surface area contributed by atoms with E-state index in [2.05, 4.69) is 24.6 Å². The van der Waals surface area contributed by atoms with Crippen molar-refractivity contribution < 1.29 is 19.5 Å². The van der Waals surface area contributed by atoms with Crippen LogP contribution >= 0.6 is 11.6 Å². The molecule has 186 valence electrons. The molecule has 0 spiro atoms. The Morgan fingerprint density at radius 2 is 1.94 bits per heavy atom. The van der Waals surface area contributed by atoms with Crippen LogP contribution in [0.15, 0.2) is 29.5 Å². The van der Waals surface area contributed by atoms with Crippen molar-refractivity contribution >= 4 is 29.2 Å². The van der Waals surface area contributed by atoms with E-state index in [0.717, 1.165) is 48.8 Å². The number of hydroxylamine groups is 1. The molecule has 1 aliphatic heterocycles. The minimum Gasteiger partial charge on any atom is -0.481 e. The van der Waals surface area contributed by atoms with Gasteiger partial charge in [0.25, 0.3) is 0 Å². The minimum atomic E-state index is -0.908. The molecular formula is C27H37ClN2O4. The van der Waals surface area contributed by atoms with Crippen LogP contribution in [0.1, 0.15) is 70.8 Å². The summed E-state index contributed by atoms with van der Waals surface area (Å²) in [5.41, 5.74) is 5.92. The van der Waals surface area contributed by atoms with Gasteiger partial charge in [-0.05, 0) is 73.6 Å². The van der Waals surface area contributed by atoms with Crippen molar-refractivity contribution in [3.05, 3.63) is 40.1 Å². The SMILES string of the molecule is Cc1ccc(NC(=O)CC(CC(=O)O)C2NOC(C3CC(CCC(C)C)C3)=C2C2CC2)c(Cl)c1. The number of amides is 1. The summed E-state index contributed by atoms with van der Waals surface area (Å²) >= 11 is 6.27. The Kier molecular flexibility index (Phi) is 7.88. The first-order valence-corrected chi connectivity index (χ1v) is 13.0. The number of carboxylic acid groups (broad SMARTS) is 1. The summed E-state index contributed by atoms with van der Waals surface area (Å²) in [5.74, 6) is 1.83. The topological polar surface area (TPSA) is 87.7 Å². The van der Waals surface area contributed by atoms with Crippen molar-refractivity contribution in [1.29, 1.82) is 0 Å². The van der Waals surface area contributed by atoms with Crippen LogP contribution in [0.25, 0.3) is 0 Å². The molecule has 1 aromatic carbocycles. The zero-order valence-corrected chi connectivity index (χ0v) is 21.2. The zero-order valence-electron chi connectivity index (χ0n) is 20.4. The molecule has 0 bridgehead atoms. The summed E-state index contributed by atoms with van der Waals surface area (Å²) in [6, 6.07) is 5.22. The number of aryl methyl sites for hydroxylation is 1. The van der Waals surface area contributed by atoms with Crippen LogP contribution in [-0.2, 0) is 14.4 Å². The third-order valence-electron chi connectivity index (χ3n) is 7.45. The molecule has 2 atom stereocenters. The highest BCUT2D eigenvalue weighted by Gasteiger charge is 2.46. The van der Waals surface area contributed by atoms with Gasteiger partial charge >= 0.3 is 5.97 Å². The number of nitrogens with one attached hydrogen (secondary N) is 2. The van der Waals surface area contributed by atoms with E-state index >= 15 is 0 Å². The van der Waals surface area contributed by atoms with E-state index < -0.39 is 11.9 Å². The molecule has 4 rings (SSSR count). The average Bonchev–Trinajstić information content (AvgIpc) is 3.47. The highest BCUT2D eigenvalue weighted by Crippen LogP contribution is 2.51. The lowest BCUT2D eigenvalue weighted by molar-refractivity contribution is -0.138. The smallest absolute Gasteiger partial charge is 0.303 e. The Hall–Kier alpha value is -2.05. The van der Waals surface area contributed by atoms with Crippen molar-refractivity contribution in [1.82, 2.24) is 5.48 Å². The van der Waals surface area contributed by atoms with Gasteiger partial charge in [0, 0.05) is 18.3 Å². The lowest BCUT2D eigenvalue weighted by Crippen LogP contribution is -2.37. The molecule has 6 nitrogen and oxygen atoms in total. The van der Waals surface area contributed by atoms with E-state index in [1.807, 2.05) is 13.0 Å². The lowest BCUT2D eigenvalue weighted by atomic mass is 9.69. The van der Waals surface area contributed by atoms with Gasteiger partial charge in [-0.3, -0.25) is 9.59 Å². The Labute approximate surface area is 207 Å². The number of allylic oxidation sites excluding steroid dienone is 1. The van der Waals surface area contributed by atoms with E-state index in [9.17, 15) is 14.7 Å². The summed E-state index contributed by atoms with van der Waals surface area (Å²) in [5, 5.41) is 12.9. The Morgan fingerprint density at radius 1 is 1.21 bits per heavy atom. The first kappa shape index (κ1) is 25.1. The molecule has 2 fully saturated rings. The van der Waals surface area contributed by atoms with Gasteiger partial charge in [-0.25, -0.2) is 0 Å². The van der Waals surface area contributed by atoms with Crippen molar-refractivity contribution in [2.24, 2.45) is 29.6 Å². The van der Waals surface area contributed by atoms with Gasteiger partial charge in [-0.2, -0.15) is 0 Å². The second kappa shape index (κ2) is 10.7. The van der Waals surface area contributed by atoms with Gasteiger partial charge in [-0.15, -0.1) is 5.48 Å². The molecule has 2 aliphatic carbocycles. The summed E-state index contributed by atoms with van der Waals surface area (Å²) in [6.45, 7) is 6.47. The number of carbonyl (C=O) groups is 2. The maximum absolute atomic E-state index is 12.9. The molecule has 1 aromatic rings. The third-order valence-corrected chi connectivity index (χ3v) is 7.76. The van der Waals surface area contributed by atoms with E-state index in [-0.39, 0.29) is 24.8 Å². The number of aliphatic carboxylic acids is 1. The summed E-state index contributed by atoms with van der Waals surface area (Å²) in [4.78, 5) is 30.6. The molecule has 3 aliphatic rings. The normalized spacial score (nSPS) is 25.1. The molecule has 7 heteroatoms. The highest BCUT2D eigenvalue weighted by molar-refractivity contribution is 6.33. The second-order valence-electron chi connectivity index (χ2n) is 10.9. The predicted octanol–water partition coefficient (Wildman–Crippen LogP) is 6.10. The van der Waals surface area contributed by atoms with Gasteiger partial charge < -0.3 is 15.3 Å². The molecule has 0 aromatic heterocycles. The van der Waals surface area contributed by atoms with Crippen molar-refractivity contribution in [2.45, 2.75) is 78.2 Å².